The molecule has 2 atom stereocenters. The first-order valence-electron chi connectivity index (χ1n) is 8.35. The second kappa shape index (κ2) is 6.78. The molecule has 0 aromatic carbocycles. The zero-order valence-corrected chi connectivity index (χ0v) is 14.0. The molecule has 0 amide bonds. The standard InChI is InChI=1S/C18H20N4O3/c1-12-4-5-15(24-12)9-22-8-14(11-23)16(10-22)18-20-17(21-25-18)13-3-2-6-19-7-13/h2-7,14,16,23H,8-11H2,1H3/t14-,16+/m0/s1. The Labute approximate surface area is 145 Å². The molecule has 25 heavy (non-hydrogen) atoms. The van der Waals surface area contributed by atoms with Crippen molar-refractivity contribution >= 4 is 0 Å². The van der Waals surface area contributed by atoms with Crippen molar-refractivity contribution in [1.29, 1.82) is 0 Å². The number of likely N-dealkylation sites (tertiary alicyclic amines) is 1. The Morgan fingerprint density at radius 1 is 1.28 bits per heavy atom. The number of nitrogens with zero attached hydrogens (tertiary/aromatic N) is 4. The molecule has 0 unspecified atom stereocenters. The normalized spacial score (nSPS) is 21.0. The van der Waals surface area contributed by atoms with E-state index >= 15 is 0 Å². The highest BCUT2D eigenvalue weighted by molar-refractivity contribution is 5.51. The Bertz CT molecular complexity index is 830. The quantitative estimate of drug-likeness (QED) is 0.762. The van der Waals surface area contributed by atoms with E-state index in [0.29, 0.717) is 18.3 Å². The molecule has 3 aromatic rings. The van der Waals surface area contributed by atoms with Crippen LogP contribution in [0.4, 0.5) is 0 Å². The van der Waals surface area contributed by atoms with E-state index in [9.17, 15) is 5.11 Å². The summed E-state index contributed by atoms with van der Waals surface area (Å²) >= 11 is 0. The zero-order chi connectivity index (χ0) is 17.2. The van der Waals surface area contributed by atoms with Gasteiger partial charge in [-0.05, 0) is 31.2 Å². The smallest absolute Gasteiger partial charge is 0.231 e. The van der Waals surface area contributed by atoms with Gasteiger partial charge < -0.3 is 14.0 Å². The molecule has 4 heterocycles. The Kier molecular flexibility index (Phi) is 4.33. The molecule has 1 saturated heterocycles. The monoisotopic (exact) mass is 340 g/mol. The minimum atomic E-state index is 0.0129. The van der Waals surface area contributed by atoms with Gasteiger partial charge in [0.25, 0.3) is 0 Å². The molecule has 1 fully saturated rings. The molecule has 7 heteroatoms. The number of hydrogen-bond donors (Lipinski definition) is 1. The predicted molar refractivity (Wildman–Crippen MR) is 89.6 cm³/mol. The van der Waals surface area contributed by atoms with Gasteiger partial charge in [0, 0.05) is 43.6 Å². The Hall–Kier alpha value is -2.51. The second-order valence-electron chi connectivity index (χ2n) is 6.45. The van der Waals surface area contributed by atoms with Crippen molar-refractivity contribution in [2.75, 3.05) is 19.7 Å². The molecule has 0 spiro atoms. The number of rotatable bonds is 5. The third kappa shape index (κ3) is 3.33. The summed E-state index contributed by atoms with van der Waals surface area (Å²) in [5, 5.41) is 13.8. The van der Waals surface area contributed by atoms with Gasteiger partial charge in [0.2, 0.25) is 11.7 Å². The number of hydrogen-bond acceptors (Lipinski definition) is 7. The topological polar surface area (TPSA) is 88.4 Å². The van der Waals surface area contributed by atoms with E-state index in [0.717, 1.165) is 30.2 Å². The average molecular weight is 340 g/mol. The third-order valence-electron chi connectivity index (χ3n) is 4.61. The largest absolute Gasteiger partial charge is 0.465 e. The summed E-state index contributed by atoms with van der Waals surface area (Å²) in [6.07, 6.45) is 3.41. The summed E-state index contributed by atoms with van der Waals surface area (Å²) < 4.78 is 11.1. The minimum absolute atomic E-state index is 0.0129. The summed E-state index contributed by atoms with van der Waals surface area (Å²) in [5.74, 6) is 3.01. The summed E-state index contributed by atoms with van der Waals surface area (Å²) in [6.45, 7) is 4.25. The lowest BCUT2D eigenvalue weighted by Crippen LogP contribution is -2.20. The van der Waals surface area contributed by atoms with Crippen molar-refractivity contribution in [3.63, 3.8) is 0 Å². The number of pyridine rings is 1. The zero-order valence-electron chi connectivity index (χ0n) is 14.0. The molecule has 1 N–H and O–H groups in total. The van der Waals surface area contributed by atoms with Crippen molar-refractivity contribution in [3.8, 4) is 11.4 Å². The highest BCUT2D eigenvalue weighted by Crippen LogP contribution is 2.33. The maximum atomic E-state index is 9.76. The number of aliphatic hydroxyl groups excluding tert-OH is 1. The van der Waals surface area contributed by atoms with Crippen LogP contribution in [0.1, 0.15) is 23.3 Å². The van der Waals surface area contributed by atoms with Crippen molar-refractivity contribution in [3.05, 3.63) is 54.1 Å². The Morgan fingerprint density at radius 3 is 2.92 bits per heavy atom. The van der Waals surface area contributed by atoms with Gasteiger partial charge in [-0.2, -0.15) is 4.98 Å². The fraction of sp³-hybridized carbons (Fsp3) is 0.389. The average Bonchev–Trinajstić information content (AvgIpc) is 3.35. The minimum Gasteiger partial charge on any atom is -0.465 e. The number of aliphatic hydroxyl groups is 1. The van der Waals surface area contributed by atoms with Crippen LogP contribution in [0.15, 0.2) is 45.6 Å². The van der Waals surface area contributed by atoms with Crippen LogP contribution in [0.25, 0.3) is 11.4 Å². The lowest BCUT2D eigenvalue weighted by atomic mass is 9.97. The van der Waals surface area contributed by atoms with Crippen molar-refractivity contribution in [2.24, 2.45) is 5.92 Å². The molecule has 3 aromatic heterocycles. The Morgan fingerprint density at radius 2 is 2.20 bits per heavy atom. The number of aromatic nitrogens is 3. The molecule has 7 nitrogen and oxygen atoms in total. The van der Waals surface area contributed by atoms with E-state index in [-0.39, 0.29) is 18.4 Å². The molecule has 130 valence electrons. The van der Waals surface area contributed by atoms with E-state index in [2.05, 4.69) is 20.0 Å². The highest BCUT2D eigenvalue weighted by atomic mass is 16.5. The van der Waals surface area contributed by atoms with Gasteiger partial charge in [0.05, 0.1) is 12.5 Å². The number of furan rings is 1. The highest BCUT2D eigenvalue weighted by Gasteiger charge is 2.37. The van der Waals surface area contributed by atoms with Gasteiger partial charge >= 0.3 is 0 Å². The lowest BCUT2D eigenvalue weighted by molar-refractivity contribution is 0.203. The van der Waals surface area contributed by atoms with Crippen molar-refractivity contribution in [2.45, 2.75) is 19.4 Å². The van der Waals surface area contributed by atoms with Gasteiger partial charge in [-0.1, -0.05) is 5.16 Å². The van der Waals surface area contributed by atoms with Crippen LogP contribution in [-0.2, 0) is 6.54 Å². The second-order valence-corrected chi connectivity index (χ2v) is 6.45. The van der Waals surface area contributed by atoms with Crippen molar-refractivity contribution in [1.82, 2.24) is 20.0 Å². The van der Waals surface area contributed by atoms with E-state index in [1.807, 2.05) is 31.2 Å². The van der Waals surface area contributed by atoms with Crippen LogP contribution in [0.2, 0.25) is 0 Å². The van der Waals surface area contributed by atoms with Gasteiger partial charge in [-0.25, -0.2) is 0 Å². The van der Waals surface area contributed by atoms with E-state index in [1.54, 1.807) is 12.4 Å². The van der Waals surface area contributed by atoms with Crippen LogP contribution in [0.5, 0.6) is 0 Å². The first-order chi connectivity index (χ1) is 12.2. The summed E-state index contributed by atoms with van der Waals surface area (Å²) in [7, 11) is 0. The molecule has 0 aliphatic carbocycles. The van der Waals surface area contributed by atoms with Gasteiger partial charge in [0.15, 0.2) is 0 Å². The molecule has 1 aliphatic heterocycles. The fourth-order valence-electron chi connectivity index (χ4n) is 3.34. The molecule has 0 radical (unpaired) electrons. The molecular formula is C18H20N4O3. The van der Waals surface area contributed by atoms with Crippen LogP contribution >= 0.6 is 0 Å². The third-order valence-corrected chi connectivity index (χ3v) is 4.61. The maximum Gasteiger partial charge on any atom is 0.231 e. The van der Waals surface area contributed by atoms with Gasteiger partial charge in [-0.3, -0.25) is 9.88 Å². The first kappa shape index (κ1) is 16.0. The van der Waals surface area contributed by atoms with Gasteiger partial charge in [-0.15, -0.1) is 0 Å². The first-order valence-corrected chi connectivity index (χ1v) is 8.35. The van der Waals surface area contributed by atoms with Crippen LogP contribution < -0.4 is 0 Å². The van der Waals surface area contributed by atoms with Crippen LogP contribution in [-0.4, -0.2) is 44.8 Å². The van der Waals surface area contributed by atoms with E-state index in [1.165, 1.54) is 0 Å². The predicted octanol–water partition coefficient (Wildman–Crippen LogP) is 2.24. The maximum absolute atomic E-state index is 9.76. The molecule has 1 aliphatic rings. The molecule has 0 saturated carbocycles. The molecule has 4 rings (SSSR count). The molecule has 0 bridgehead atoms. The van der Waals surface area contributed by atoms with Crippen molar-refractivity contribution < 1.29 is 14.0 Å². The van der Waals surface area contributed by atoms with Crippen LogP contribution in [0, 0.1) is 12.8 Å². The Balaban J connectivity index is 1.50. The van der Waals surface area contributed by atoms with E-state index in [4.69, 9.17) is 8.94 Å². The fourth-order valence-corrected chi connectivity index (χ4v) is 3.34. The molecular weight excluding hydrogens is 320 g/mol. The summed E-state index contributed by atoms with van der Waals surface area (Å²) in [4.78, 5) is 10.9. The lowest BCUT2D eigenvalue weighted by Gasteiger charge is -2.13. The van der Waals surface area contributed by atoms with Gasteiger partial charge in [0.1, 0.15) is 11.5 Å². The number of aryl methyl sites for hydroxylation is 1. The van der Waals surface area contributed by atoms with Crippen LogP contribution in [0.3, 0.4) is 0 Å². The summed E-state index contributed by atoms with van der Waals surface area (Å²) in [6, 6.07) is 7.68. The SMILES string of the molecule is Cc1ccc(CN2C[C@@H](CO)[C@H](c3nc(-c4cccnc4)no3)C2)o1. The summed E-state index contributed by atoms with van der Waals surface area (Å²) in [5.41, 5.74) is 0.818. The van der Waals surface area contributed by atoms with E-state index < -0.39 is 0 Å².